The van der Waals surface area contributed by atoms with E-state index in [-0.39, 0.29) is 0 Å². The number of carbonyl (C=O) groups excluding carboxylic acids is 1. The molecule has 1 aromatic rings. The highest BCUT2D eigenvalue weighted by atomic mass is 16.2. The summed E-state index contributed by atoms with van der Waals surface area (Å²) in [6.45, 7) is 5.36. The molecule has 120 valence electrons. The van der Waals surface area contributed by atoms with Crippen LogP contribution < -0.4 is 0 Å². The zero-order valence-electron chi connectivity index (χ0n) is 13.9. The number of aryl methyl sites for hydroxylation is 1. The maximum absolute atomic E-state index is 12.3. The van der Waals surface area contributed by atoms with Gasteiger partial charge in [0.25, 0.3) is 0 Å². The Hall–Kier alpha value is -1.35. The molecule has 1 amide bonds. The topological polar surface area (TPSA) is 23.6 Å². The van der Waals surface area contributed by atoms with E-state index >= 15 is 0 Å². The third-order valence-electron chi connectivity index (χ3n) is 5.43. The van der Waals surface area contributed by atoms with Crippen LogP contribution in [0.3, 0.4) is 0 Å². The zero-order valence-corrected chi connectivity index (χ0v) is 13.9. The quantitative estimate of drug-likeness (QED) is 0.852. The fourth-order valence-electron chi connectivity index (χ4n) is 3.54. The van der Waals surface area contributed by atoms with Crippen molar-refractivity contribution in [2.45, 2.75) is 51.6 Å². The van der Waals surface area contributed by atoms with Crippen molar-refractivity contribution in [2.24, 2.45) is 5.92 Å². The Bertz CT molecular complexity index is 499. The van der Waals surface area contributed by atoms with Crippen molar-refractivity contribution in [2.75, 3.05) is 20.1 Å². The highest BCUT2D eigenvalue weighted by Gasteiger charge is 2.32. The fourth-order valence-corrected chi connectivity index (χ4v) is 3.54. The Morgan fingerprint density at radius 3 is 2.32 bits per heavy atom. The number of rotatable bonds is 4. The van der Waals surface area contributed by atoms with Crippen LogP contribution in [0.2, 0.25) is 0 Å². The third-order valence-corrected chi connectivity index (χ3v) is 5.43. The van der Waals surface area contributed by atoms with Crippen LogP contribution in [0.15, 0.2) is 24.3 Å². The summed E-state index contributed by atoms with van der Waals surface area (Å²) in [7, 11) is 2.01. The minimum absolute atomic E-state index is 0.329. The van der Waals surface area contributed by atoms with E-state index < -0.39 is 0 Å². The molecule has 3 heteroatoms. The monoisotopic (exact) mass is 300 g/mol. The minimum Gasteiger partial charge on any atom is -0.342 e. The Kier molecular flexibility index (Phi) is 4.82. The number of carbonyl (C=O) groups is 1. The Labute approximate surface area is 134 Å². The summed E-state index contributed by atoms with van der Waals surface area (Å²) < 4.78 is 0. The second-order valence-corrected chi connectivity index (χ2v) is 7.07. The van der Waals surface area contributed by atoms with E-state index in [2.05, 4.69) is 36.1 Å². The molecule has 0 spiro atoms. The lowest BCUT2D eigenvalue weighted by Crippen LogP contribution is -2.48. The summed E-state index contributed by atoms with van der Waals surface area (Å²) >= 11 is 0. The van der Waals surface area contributed by atoms with Gasteiger partial charge in [-0.2, -0.15) is 0 Å². The van der Waals surface area contributed by atoms with Gasteiger partial charge in [0.05, 0.1) is 0 Å². The second kappa shape index (κ2) is 6.82. The van der Waals surface area contributed by atoms with Crippen molar-refractivity contribution >= 4 is 5.91 Å². The van der Waals surface area contributed by atoms with Gasteiger partial charge in [0.15, 0.2) is 0 Å². The van der Waals surface area contributed by atoms with Gasteiger partial charge in [0.1, 0.15) is 0 Å². The average Bonchev–Trinajstić information content (AvgIpc) is 2.48. The van der Waals surface area contributed by atoms with Crippen LogP contribution in [-0.2, 0) is 11.3 Å². The minimum atomic E-state index is 0.329. The van der Waals surface area contributed by atoms with Gasteiger partial charge in [-0.15, -0.1) is 0 Å². The molecule has 0 unspecified atom stereocenters. The van der Waals surface area contributed by atoms with Crippen molar-refractivity contribution in [3.8, 4) is 0 Å². The van der Waals surface area contributed by atoms with Gasteiger partial charge in [0, 0.05) is 38.6 Å². The summed E-state index contributed by atoms with van der Waals surface area (Å²) in [5.74, 6) is 0.721. The van der Waals surface area contributed by atoms with Crippen molar-refractivity contribution in [3.63, 3.8) is 0 Å². The smallest absolute Gasteiger partial charge is 0.225 e. The van der Waals surface area contributed by atoms with E-state index in [0.717, 1.165) is 45.3 Å². The maximum atomic E-state index is 12.3. The average molecular weight is 300 g/mol. The van der Waals surface area contributed by atoms with Crippen molar-refractivity contribution in [1.82, 2.24) is 9.80 Å². The van der Waals surface area contributed by atoms with Gasteiger partial charge in [-0.1, -0.05) is 36.2 Å². The first kappa shape index (κ1) is 15.5. The van der Waals surface area contributed by atoms with E-state index in [1.165, 1.54) is 17.5 Å². The normalized spacial score (nSPS) is 20.6. The summed E-state index contributed by atoms with van der Waals surface area (Å²) in [5, 5.41) is 0. The third kappa shape index (κ3) is 3.52. The first-order valence-electron chi connectivity index (χ1n) is 8.68. The molecule has 22 heavy (non-hydrogen) atoms. The number of amides is 1. The van der Waals surface area contributed by atoms with Gasteiger partial charge in [-0.25, -0.2) is 0 Å². The lowest BCUT2D eigenvalue weighted by atomic mass is 9.84. The second-order valence-electron chi connectivity index (χ2n) is 7.07. The lowest BCUT2D eigenvalue weighted by molar-refractivity contribution is -0.139. The summed E-state index contributed by atoms with van der Waals surface area (Å²) in [6.07, 6.45) is 5.67. The number of piperidine rings is 1. The standard InChI is InChI=1S/C19H28N2O/c1-15-6-8-16(9-7-15)14-21-12-10-18(11-13-21)20(2)19(22)17-4-3-5-17/h6-9,17-18H,3-5,10-14H2,1-2H3. The molecule has 1 aromatic carbocycles. The molecule has 0 N–H and O–H groups in total. The lowest BCUT2D eigenvalue weighted by Gasteiger charge is -2.39. The number of hydrogen-bond acceptors (Lipinski definition) is 2. The van der Waals surface area contributed by atoms with Gasteiger partial charge < -0.3 is 4.90 Å². The molecule has 1 saturated carbocycles. The first-order chi connectivity index (χ1) is 10.6. The molecular weight excluding hydrogens is 272 g/mol. The number of benzene rings is 1. The van der Waals surface area contributed by atoms with E-state index in [1.807, 2.05) is 11.9 Å². The van der Waals surface area contributed by atoms with Crippen LogP contribution in [0, 0.1) is 12.8 Å². The number of likely N-dealkylation sites (tertiary alicyclic amines) is 1. The number of nitrogens with zero attached hydrogens (tertiary/aromatic N) is 2. The predicted molar refractivity (Wildman–Crippen MR) is 89.6 cm³/mol. The van der Waals surface area contributed by atoms with E-state index in [0.29, 0.717) is 17.9 Å². The molecule has 1 saturated heterocycles. The SMILES string of the molecule is Cc1ccc(CN2CCC(N(C)C(=O)C3CCC3)CC2)cc1. The van der Waals surface area contributed by atoms with Crippen LogP contribution in [0.25, 0.3) is 0 Å². The summed E-state index contributed by atoms with van der Waals surface area (Å²) in [5.41, 5.74) is 2.71. The largest absolute Gasteiger partial charge is 0.342 e. The maximum Gasteiger partial charge on any atom is 0.225 e. The van der Waals surface area contributed by atoms with E-state index in [4.69, 9.17) is 0 Å². The molecule has 0 radical (unpaired) electrons. The Morgan fingerprint density at radius 2 is 1.77 bits per heavy atom. The molecule has 1 aliphatic heterocycles. The van der Waals surface area contributed by atoms with E-state index in [9.17, 15) is 4.79 Å². The molecule has 2 fully saturated rings. The predicted octanol–water partition coefficient (Wildman–Crippen LogP) is 3.22. The Morgan fingerprint density at radius 1 is 1.14 bits per heavy atom. The van der Waals surface area contributed by atoms with Crippen molar-refractivity contribution in [1.29, 1.82) is 0 Å². The fraction of sp³-hybridized carbons (Fsp3) is 0.632. The van der Waals surface area contributed by atoms with Gasteiger partial charge in [-0.05, 0) is 38.2 Å². The van der Waals surface area contributed by atoms with Crippen LogP contribution in [0.1, 0.15) is 43.2 Å². The van der Waals surface area contributed by atoms with Crippen LogP contribution in [0.4, 0.5) is 0 Å². The molecular formula is C19H28N2O. The zero-order chi connectivity index (χ0) is 15.5. The van der Waals surface area contributed by atoms with Crippen LogP contribution in [0.5, 0.6) is 0 Å². The molecule has 0 bridgehead atoms. The highest BCUT2D eigenvalue weighted by molar-refractivity contribution is 5.79. The molecule has 3 rings (SSSR count). The molecule has 0 aromatic heterocycles. The molecule has 0 atom stereocenters. The molecule has 1 heterocycles. The first-order valence-corrected chi connectivity index (χ1v) is 8.68. The highest BCUT2D eigenvalue weighted by Crippen LogP contribution is 2.29. The molecule has 3 nitrogen and oxygen atoms in total. The summed E-state index contributed by atoms with van der Waals surface area (Å²) in [6, 6.07) is 9.28. The van der Waals surface area contributed by atoms with Gasteiger partial charge in [-0.3, -0.25) is 9.69 Å². The van der Waals surface area contributed by atoms with Crippen LogP contribution in [-0.4, -0.2) is 41.9 Å². The number of hydrogen-bond donors (Lipinski definition) is 0. The van der Waals surface area contributed by atoms with Gasteiger partial charge in [0.2, 0.25) is 5.91 Å². The van der Waals surface area contributed by atoms with Gasteiger partial charge >= 0.3 is 0 Å². The van der Waals surface area contributed by atoms with E-state index in [1.54, 1.807) is 0 Å². The Balaban J connectivity index is 1.47. The van der Waals surface area contributed by atoms with Crippen LogP contribution >= 0.6 is 0 Å². The van der Waals surface area contributed by atoms with Crippen molar-refractivity contribution < 1.29 is 4.79 Å². The molecule has 2 aliphatic rings. The molecule has 1 aliphatic carbocycles. The summed E-state index contributed by atoms with van der Waals surface area (Å²) in [4.78, 5) is 16.9. The van der Waals surface area contributed by atoms with Crippen molar-refractivity contribution in [3.05, 3.63) is 35.4 Å².